The first-order valence-electron chi connectivity index (χ1n) is 9.34. The Kier molecular flexibility index (Phi) is 11.6. The molecule has 31 heavy (non-hydrogen) atoms. The van der Waals surface area contributed by atoms with Crippen LogP contribution in [0, 0.1) is 0 Å². The highest BCUT2D eigenvalue weighted by atomic mass is 16.6. The van der Waals surface area contributed by atoms with Crippen LogP contribution in [0.1, 0.15) is 57.8 Å². The van der Waals surface area contributed by atoms with E-state index in [0.29, 0.717) is 0 Å². The van der Waals surface area contributed by atoms with Gasteiger partial charge in [-0.05, 0) is 38.5 Å². The molecule has 1 unspecified atom stereocenters. The fourth-order valence-electron chi connectivity index (χ4n) is 2.61. The SMILES string of the molecule is NC(=O)CCC(N)C(=O)O[C@@](CCCCC(=O)C(=O)O)(CCCC(=O)C(=O)O)C(=O)O. The molecule has 0 rings (SSSR count). The smallest absolute Gasteiger partial charge is 0.372 e. The largest absolute Gasteiger partial charge is 0.478 e. The standard InChI is InChI=1S/C18H26N2O11/c19-10(6-7-13(20)23)16(28)31-18(17(29)30,9-3-5-12(22)15(26)27)8-2-1-4-11(21)14(24)25/h10H,1-9,19H2,(H2,20,23)(H,24,25)(H,26,27)(H,29,30)/t10?,18-/m0/s1. The first-order valence-corrected chi connectivity index (χ1v) is 9.34. The number of rotatable bonds is 17. The van der Waals surface area contributed by atoms with Crippen molar-refractivity contribution >= 4 is 41.4 Å². The third-order valence-corrected chi connectivity index (χ3v) is 4.39. The number of esters is 1. The Labute approximate surface area is 176 Å². The zero-order valence-electron chi connectivity index (χ0n) is 16.7. The van der Waals surface area contributed by atoms with E-state index in [9.17, 15) is 38.7 Å². The minimum atomic E-state index is -2.19. The third-order valence-electron chi connectivity index (χ3n) is 4.39. The van der Waals surface area contributed by atoms with Crippen LogP contribution < -0.4 is 11.5 Å². The summed E-state index contributed by atoms with van der Waals surface area (Å²) in [7, 11) is 0. The maximum absolute atomic E-state index is 12.3. The van der Waals surface area contributed by atoms with Gasteiger partial charge in [-0.3, -0.25) is 19.2 Å². The van der Waals surface area contributed by atoms with Gasteiger partial charge >= 0.3 is 23.9 Å². The topological polar surface area (TPSA) is 241 Å². The van der Waals surface area contributed by atoms with Gasteiger partial charge in [0, 0.05) is 19.3 Å². The molecule has 0 fully saturated rings. The van der Waals surface area contributed by atoms with Gasteiger partial charge in [-0.2, -0.15) is 0 Å². The van der Waals surface area contributed by atoms with Crippen LogP contribution in [0.3, 0.4) is 0 Å². The zero-order valence-corrected chi connectivity index (χ0v) is 16.7. The average Bonchev–Trinajstić information content (AvgIpc) is 2.67. The van der Waals surface area contributed by atoms with Gasteiger partial charge in [0.25, 0.3) is 0 Å². The summed E-state index contributed by atoms with van der Waals surface area (Å²) in [6, 6.07) is -1.36. The highest BCUT2D eigenvalue weighted by Gasteiger charge is 2.43. The predicted molar refractivity (Wildman–Crippen MR) is 100 cm³/mol. The second kappa shape index (κ2) is 13.1. The molecule has 0 aromatic rings. The fraction of sp³-hybridized carbons (Fsp3) is 0.611. The molecular formula is C18H26N2O11. The quantitative estimate of drug-likeness (QED) is 0.102. The molecule has 13 heteroatoms. The lowest BCUT2D eigenvalue weighted by atomic mass is 9.89. The average molecular weight is 446 g/mol. The predicted octanol–water partition coefficient (Wildman–Crippen LogP) is -1.02. The Morgan fingerprint density at radius 3 is 1.71 bits per heavy atom. The van der Waals surface area contributed by atoms with Crippen molar-refractivity contribution < 1.29 is 53.6 Å². The summed E-state index contributed by atoms with van der Waals surface area (Å²) < 4.78 is 5.11. The van der Waals surface area contributed by atoms with Gasteiger partial charge in [-0.15, -0.1) is 0 Å². The Hall–Kier alpha value is -3.35. The molecule has 7 N–H and O–H groups in total. The van der Waals surface area contributed by atoms with Crippen LogP contribution in [0.2, 0.25) is 0 Å². The number of unbranched alkanes of at least 4 members (excludes halogenated alkanes) is 1. The van der Waals surface area contributed by atoms with Crippen molar-refractivity contribution in [3.8, 4) is 0 Å². The van der Waals surface area contributed by atoms with Gasteiger partial charge in [0.2, 0.25) is 23.1 Å². The molecule has 0 radical (unpaired) electrons. The molecule has 1 amide bonds. The van der Waals surface area contributed by atoms with Crippen LogP contribution in [0.5, 0.6) is 0 Å². The number of primary amides is 1. The van der Waals surface area contributed by atoms with E-state index in [-0.39, 0.29) is 44.9 Å². The van der Waals surface area contributed by atoms with Crippen molar-refractivity contribution in [2.24, 2.45) is 11.5 Å². The number of hydrogen-bond donors (Lipinski definition) is 5. The number of ether oxygens (including phenoxy) is 1. The van der Waals surface area contributed by atoms with Crippen molar-refractivity contribution in [1.82, 2.24) is 0 Å². The number of hydrogen-bond acceptors (Lipinski definition) is 9. The molecule has 13 nitrogen and oxygen atoms in total. The molecule has 0 bridgehead atoms. The van der Waals surface area contributed by atoms with Crippen LogP contribution in [-0.4, -0.2) is 68.3 Å². The van der Waals surface area contributed by atoms with E-state index in [0.717, 1.165) is 0 Å². The molecule has 0 aliphatic carbocycles. The lowest BCUT2D eigenvalue weighted by Gasteiger charge is -2.30. The van der Waals surface area contributed by atoms with E-state index in [1.54, 1.807) is 0 Å². The van der Waals surface area contributed by atoms with Gasteiger partial charge < -0.3 is 31.5 Å². The summed E-state index contributed by atoms with van der Waals surface area (Å²) in [6.45, 7) is 0. The van der Waals surface area contributed by atoms with Crippen LogP contribution >= 0.6 is 0 Å². The number of amides is 1. The second-order valence-corrected chi connectivity index (χ2v) is 6.85. The molecule has 0 aromatic carbocycles. The van der Waals surface area contributed by atoms with Crippen molar-refractivity contribution in [2.45, 2.75) is 69.4 Å². The van der Waals surface area contributed by atoms with E-state index < -0.39 is 65.8 Å². The lowest BCUT2D eigenvalue weighted by Crippen LogP contribution is -2.47. The summed E-state index contributed by atoms with van der Waals surface area (Å²) in [4.78, 5) is 78.6. The van der Waals surface area contributed by atoms with Crippen molar-refractivity contribution in [3.05, 3.63) is 0 Å². The molecule has 0 aromatic heterocycles. The Balaban J connectivity index is 5.33. The summed E-state index contributed by atoms with van der Waals surface area (Å²) in [5, 5.41) is 26.9. The van der Waals surface area contributed by atoms with Gasteiger partial charge in [0.1, 0.15) is 6.04 Å². The molecule has 0 saturated carbocycles. The summed E-state index contributed by atoms with van der Waals surface area (Å²) in [6.07, 6.45) is -2.37. The van der Waals surface area contributed by atoms with Gasteiger partial charge in [0.05, 0.1) is 0 Å². The first-order chi connectivity index (χ1) is 14.3. The Bertz CT molecular complexity index is 734. The summed E-state index contributed by atoms with van der Waals surface area (Å²) in [5.74, 6) is -9.02. The van der Waals surface area contributed by atoms with Gasteiger partial charge in [-0.25, -0.2) is 14.4 Å². The van der Waals surface area contributed by atoms with Crippen molar-refractivity contribution in [2.75, 3.05) is 0 Å². The van der Waals surface area contributed by atoms with E-state index in [4.69, 9.17) is 26.4 Å². The second-order valence-electron chi connectivity index (χ2n) is 6.85. The highest BCUT2D eigenvalue weighted by molar-refractivity contribution is 6.32. The molecule has 0 spiro atoms. The van der Waals surface area contributed by atoms with Crippen LogP contribution in [0.25, 0.3) is 0 Å². The Morgan fingerprint density at radius 2 is 1.26 bits per heavy atom. The normalized spacial score (nSPS) is 13.5. The van der Waals surface area contributed by atoms with E-state index >= 15 is 0 Å². The van der Waals surface area contributed by atoms with Gasteiger partial charge in [-0.1, -0.05) is 0 Å². The molecule has 2 atom stereocenters. The maximum atomic E-state index is 12.3. The highest BCUT2D eigenvalue weighted by Crippen LogP contribution is 2.28. The van der Waals surface area contributed by atoms with Gasteiger partial charge in [0.15, 0.2) is 0 Å². The lowest BCUT2D eigenvalue weighted by molar-refractivity contribution is -0.182. The third kappa shape index (κ3) is 10.3. The molecular weight excluding hydrogens is 420 g/mol. The number of ketones is 2. The number of carboxylic acid groups (broad SMARTS) is 3. The van der Waals surface area contributed by atoms with Crippen LogP contribution in [0.15, 0.2) is 0 Å². The fourth-order valence-corrected chi connectivity index (χ4v) is 2.61. The maximum Gasteiger partial charge on any atom is 0.372 e. The molecule has 174 valence electrons. The number of carboxylic acids is 3. The summed E-state index contributed by atoms with van der Waals surface area (Å²) >= 11 is 0. The van der Waals surface area contributed by atoms with E-state index in [2.05, 4.69) is 0 Å². The minimum absolute atomic E-state index is 0.0144. The van der Waals surface area contributed by atoms with Crippen LogP contribution in [-0.2, 0) is 38.3 Å². The van der Waals surface area contributed by atoms with E-state index in [1.807, 2.05) is 0 Å². The molecule has 0 saturated heterocycles. The molecule has 0 aliphatic heterocycles. The number of carbonyl (C=O) groups excluding carboxylic acids is 4. The minimum Gasteiger partial charge on any atom is -0.478 e. The van der Waals surface area contributed by atoms with Crippen molar-refractivity contribution in [1.29, 1.82) is 0 Å². The van der Waals surface area contributed by atoms with Crippen molar-refractivity contribution in [3.63, 3.8) is 0 Å². The summed E-state index contributed by atoms with van der Waals surface area (Å²) in [5.41, 5.74) is 8.38. The Morgan fingerprint density at radius 1 is 0.774 bits per heavy atom. The monoisotopic (exact) mass is 446 g/mol. The number of carbonyl (C=O) groups is 7. The first kappa shape index (κ1) is 27.6. The molecule has 0 heterocycles. The number of Topliss-reactive ketones (excluding diaryl/α,β-unsaturated/α-hetero) is 2. The zero-order chi connectivity index (χ0) is 24.2. The van der Waals surface area contributed by atoms with Crippen LogP contribution in [0.4, 0.5) is 0 Å². The van der Waals surface area contributed by atoms with E-state index in [1.165, 1.54) is 0 Å². The number of aliphatic carboxylic acids is 3. The molecule has 0 aliphatic rings. The number of nitrogens with two attached hydrogens (primary N) is 2.